The quantitative estimate of drug-likeness (QED) is 0.279. The molecule has 142 valence electrons. The van der Waals surface area contributed by atoms with Crippen LogP contribution in [0.2, 0.25) is 0 Å². The molecule has 1 saturated heterocycles. The molecule has 0 aromatic carbocycles. The second-order valence-corrected chi connectivity index (χ2v) is 8.01. The van der Waals surface area contributed by atoms with E-state index in [-0.39, 0.29) is 30.1 Å². The molecular formula is C16H33IN4O2S. The normalized spacial score (nSPS) is 18.6. The van der Waals surface area contributed by atoms with Gasteiger partial charge in [-0.2, -0.15) is 11.8 Å². The predicted molar refractivity (Wildman–Crippen MR) is 114 cm³/mol. The average Bonchev–Trinajstić information content (AvgIpc) is 2.49. The number of halogens is 1. The molecule has 0 bridgehead atoms. The molecule has 1 heterocycles. The molecule has 0 aliphatic carbocycles. The van der Waals surface area contributed by atoms with Gasteiger partial charge in [0.25, 0.3) is 0 Å². The highest BCUT2D eigenvalue weighted by molar-refractivity contribution is 14.0. The van der Waals surface area contributed by atoms with E-state index in [1.54, 1.807) is 0 Å². The van der Waals surface area contributed by atoms with Crippen LogP contribution in [0.5, 0.6) is 0 Å². The molecule has 0 spiro atoms. The number of amides is 1. The van der Waals surface area contributed by atoms with Crippen molar-refractivity contribution < 1.29 is 9.53 Å². The molecule has 1 aliphatic rings. The second-order valence-electron chi connectivity index (χ2n) is 6.60. The van der Waals surface area contributed by atoms with Crippen LogP contribution in [-0.4, -0.2) is 66.8 Å². The van der Waals surface area contributed by atoms with Gasteiger partial charge in [-0.05, 0) is 33.6 Å². The Morgan fingerprint density at radius 2 is 2.00 bits per heavy atom. The van der Waals surface area contributed by atoms with Crippen LogP contribution in [0.25, 0.3) is 0 Å². The Morgan fingerprint density at radius 1 is 1.33 bits per heavy atom. The lowest BCUT2D eigenvalue weighted by atomic mass is 10.2. The summed E-state index contributed by atoms with van der Waals surface area (Å²) in [4.78, 5) is 18.2. The van der Waals surface area contributed by atoms with Crippen molar-refractivity contribution in [1.82, 2.24) is 15.5 Å². The number of aliphatic imine (C=N–C) groups is 1. The first kappa shape index (κ1) is 23.6. The maximum atomic E-state index is 11.5. The molecule has 1 amide bonds. The predicted octanol–water partition coefficient (Wildman–Crippen LogP) is 2.92. The number of guanidine groups is 1. The smallest absolute Gasteiger partial charge is 0.407 e. The zero-order chi connectivity index (χ0) is 17.3. The number of nitrogens with one attached hydrogen (secondary N) is 2. The standard InChI is InChI=1S/C16H32N4O2S.HI/c1-6-13-12-20(10-11-23-13)14(17-5)18-8-7-9-19-15(21)22-16(2,3)4;/h13H,6-12H2,1-5H3,(H,17,18)(H,19,21);1H. The van der Waals surface area contributed by atoms with Gasteiger partial charge >= 0.3 is 6.09 Å². The molecule has 1 unspecified atom stereocenters. The maximum Gasteiger partial charge on any atom is 0.407 e. The summed E-state index contributed by atoms with van der Waals surface area (Å²) >= 11 is 2.05. The van der Waals surface area contributed by atoms with Crippen LogP contribution in [0.15, 0.2) is 4.99 Å². The van der Waals surface area contributed by atoms with Gasteiger partial charge < -0.3 is 20.3 Å². The molecular weight excluding hydrogens is 439 g/mol. The van der Waals surface area contributed by atoms with Gasteiger partial charge in [0.05, 0.1) is 0 Å². The van der Waals surface area contributed by atoms with Crippen LogP contribution in [0.4, 0.5) is 4.79 Å². The highest BCUT2D eigenvalue weighted by Crippen LogP contribution is 2.20. The Labute approximate surface area is 168 Å². The molecule has 1 atom stereocenters. The summed E-state index contributed by atoms with van der Waals surface area (Å²) in [6.45, 7) is 11.3. The topological polar surface area (TPSA) is 66.0 Å². The van der Waals surface area contributed by atoms with Gasteiger partial charge in [-0.1, -0.05) is 6.92 Å². The van der Waals surface area contributed by atoms with Crippen molar-refractivity contribution in [1.29, 1.82) is 0 Å². The van der Waals surface area contributed by atoms with Crippen molar-refractivity contribution in [3.05, 3.63) is 0 Å². The Morgan fingerprint density at radius 3 is 2.58 bits per heavy atom. The van der Waals surface area contributed by atoms with Crippen LogP contribution in [0.1, 0.15) is 40.5 Å². The van der Waals surface area contributed by atoms with Crippen LogP contribution < -0.4 is 10.6 Å². The van der Waals surface area contributed by atoms with Crippen LogP contribution in [-0.2, 0) is 4.74 Å². The second kappa shape index (κ2) is 12.1. The van der Waals surface area contributed by atoms with E-state index in [1.807, 2.05) is 39.6 Å². The van der Waals surface area contributed by atoms with Crippen LogP contribution >= 0.6 is 35.7 Å². The van der Waals surface area contributed by atoms with Crippen molar-refractivity contribution in [2.45, 2.75) is 51.4 Å². The number of thioether (sulfide) groups is 1. The summed E-state index contributed by atoms with van der Waals surface area (Å²) < 4.78 is 5.20. The number of alkyl carbamates (subject to hydrolysis) is 1. The molecule has 6 nitrogen and oxygen atoms in total. The molecule has 8 heteroatoms. The number of carbonyl (C=O) groups is 1. The van der Waals surface area contributed by atoms with Crippen molar-refractivity contribution in [2.75, 3.05) is 39.0 Å². The minimum atomic E-state index is -0.452. The van der Waals surface area contributed by atoms with Gasteiger partial charge in [-0.3, -0.25) is 4.99 Å². The zero-order valence-electron chi connectivity index (χ0n) is 15.6. The molecule has 2 N–H and O–H groups in total. The number of hydrogen-bond acceptors (Lipinski definition) is 4. The maximum absolute atomic E-state index is 11.5. The van der Waals surface area contributed by atoms with Crippen LogP contribution in [0.3, 0.4) is 0 Å². The van der Waals surface area contributed by atoms with Gasteiger partial charge in [-0.25, -0.2) is 4.79 Å². The molecule has 1 aliphatic heterocycles. The fraction of sp³-hybridized carbons (Fsp3) is 0.875. The van der Waals surface area contributed by atoms with Gasteiger partial charge in [0, 0.05) is 44.2 Å². The van der Waals surface area contributed by atoms with E-state index in [4.69, 9.17) is 4.74 Å². The molecule has 24 heavy (non-hydrogen) atoms. The Balaban J connectivity index is 0.00000529. The summed E-state index contributed by atoms with van der Waals surface area (Å²) in [5, 5.41) is 6.84. The van der Waals surface area contributed by atoms with Gasteiger partial charge in [0.1, 0.15) is 5.60 Å². The van der Waals surface area contributed by atoms with E-state index in [0.29, 0.717) is 11.8 Å². The van der Waals surface area contributed by atoms with Crippen molar-refractivity contribution in [3.8, 4) is 0 Å². The number of nitrogens with zero attached hydrogens (tertiary/aromatic N) is 2. The first-order valence-electron chi connectivity index (χ1n) is 8.39. The van der Waals surface area contributed by atoms with Gasteiger partial charge in [0.15, 0.2) is 5.96 Å². The third kappa shape index (κ3) is 9.80. The lowest BCUT2D eigenvalue weighted by Crippen LogP contribution is -2.48. The minimum absolute atomic E-state index is 0. The van der Waals surface area contributed by atoms with E-state index in [0.717, 1.165) is 37.8 Å². The van der Waals surface area contributed by atoms with E-state index >= 15 is 0 Å². The van der Waals surface area contributed by atoms with Crippen molar-refractivity contribution in [3.63, 3.8) is 0 Å². The largest absolute Gasteiger partial charge is 0.444 e. The van der Waals surface area contributed by atoms with E-state index in [1.165, 1.54) is 6.42 Å². The number of carbonyl (C=O) groups excluding carboxylic acids is 1. The fourth-order valence-corrected chi connectivity index (χ4v) is 3.46. The highest BCUT2D eigenvalue weighted by Gasteiger charge is 2.21. The number of rotatable bonds is 5. The lowest BCUT2D eigenvalue weighted by Gasteiger charge is -2.34. The summed E-state index contributed by atoms with van der Waals surface area (Å²) in [6, 6.07) is 0. The first-order chi connectivity index (χ1) is 10.9. The Hall–Kier alpha value is -0.380. The molecule has 0 saturated carbocycles. The SMILES string of the molecule is CCC1CN(C(=NC)NCCCNC(=O)OC(C)(C)C)CCS1.I. The zero-order valence-corrected chi connectivity index (χ0v) is 18.7. The van der Waals surface area contributed by atoms with E-state index in [9.17, 15) is 4.79 Å². The van der Waals surface area contributed by atoms with Crippen LogP contribution in [0, 0.1) is 0 Å². The highest BCUT2D eigenvalue weighted by atomic mass is 127. The molecule has 1 fully saturated rings. The van der Waals surface area contributed by atoms with Crippen molar-refractivity contribution in [2.24, 2.45) is 4.99 Å². The molecule has 1 rings (SSSR count). The van der Waals surface area contributed by atoms with Gasteiger partial charge in [-0.15, -0.1) is 24.0 Å². The fourth-order valence-electron chi connectivity index (χ4n) is 2.28. The monoisotopic (exact) mass is 472 g/mol. The Kier molecular flexibility index (Phi) is 11.9. The third-order valence-corrected chi connectivity index (χ3v) is 4.78. The number of ether oxygens (including phenoxy) is 1. The summed E-state index contributed by atoms with van der Waals surface area (Å²) in [7, 11) is 1.82. The molecule has 0 aromatic rings. The number of hydrogen-bond donors (Lipinski definition) is 2. The lowest BCUT2D eigenvalue weighted by molar-refractivity contribution is 0.0527. The molecule has 0 aromatic heterocycles. The summed E-state index contributed by atoms with van der Waals surface area (Å²) in [6.07, 6.45) is 1.66. The Bertz CT molecular complexity index is 402. The first-order valence-corrected chi connectivity index (χ1v) is 9.44. The van der Waals surface area contributed by atoms with Gasteiger partial charge in [0.2, 0.25) is 0 Å². The average molecular weight is 472 g/mol. The summed E-state index contributed by atoms with van der Waals surface area (Å²) in [5.74, 6) is 2.11. The van der Waals surface area contributed by atoms with E-state index in [2.05, 4.69) is 27.4 Å². The minimum Gasteiger partial charge on any atom is -0.444 e. The molecule has 0 radical (unpaired) electrons. The summed E-state index contributed by atoms with van der Waals surface area (Å²) in [5.41, 5.74) is -0.452. The van der Waals surface area contributed by atoms with E-state index < -0.39 is 5.60 Å². The third-order valence-electron chi connectivity index (χ3n) is 3.41. The van der Waals surface area contributed by atoms with Crippen molar-refractivity contribution >= 4 is 47.8 Å².